The number of nitrogens with one attached hydrogen (secondary N) is 1. The molecular formula is C16H31NO2. The van der Waals surface area contributed by atoms with E-state index in [9.17, 15) is 4.79 Å². The van der Waals surface area contributed by atoms with E-state index in [4.69, 9.17) is 4.74 Å². The average Bonchev–Trinajstić information content (AvgIpc) is 2.16. The van der Waals surface area contributed by atoms with Crippen molar-refractivity contribution in [2.45, 2.75) is 84.9 Å². The molecule has 0 heterocycles. The minimum atomic E-state index is -0.414. The summed E-state index contributed by atoms with van der Waals surface area (Å²) < 4.78 is 5.51. The molecule has 0 saturated heterocycles. The predicted octanol–water partition coefficient (Wildman–Crippen LogP) is 3.52. The van der Waals surface area contributed by atoms with Crippen LogP contribution >= 0.6 is 0 Å². The molecule has 0 aromatic heterocycles. The summed E-state index contributed by atoms with van der Waals surface area (Å²) >= 11 is 0. The summed E-state index contributed by atoms with van der Waals surface area (Å²) in [4.78, 5) is 12.2. The van der Waals surface area contributed by atoms with Crippen LogP contribution in [0.3, 0.4) is 0 Å². The number of carbonyl (C=O) groups excluding carboxylic acids is 1. The van der Waals surface area contributed by atoms with Gasteiger partial charge in [0.05, 0.1) is 0 Å². The van der Waals surface area contributed by atoms with Crippen molar-refractivity contribution in [3.05, 3.63) is 0 Å². The van der Waals surface area contributed by atoms with Crippen LogP contribution in [0.2, 0.25) is 0 Å². The Morgan fingerprint density at radius 3 is 2.21 bits per heavy atom. The van der Waals surface area contributed by atoms with Crippen molar-refractivity contribution in [3.8, 4) is 0 Å². The summed E-state index contributed by atoms with van der Waals surface area (Å²) in [7, 11) is 0. The van der Waals surface area contributed by atoms with Crippen molar-refractivity contribution in [2.24, 2.45) is 11.8 Å². The van der Waals surface area contributed by atoms with Gasteiger partial charge in [-0.25, -0.2) is 0 Å². The van der Waals surface area contributed by atoms with Gasteiger partial charge in [-0.15, -0.1) is 0 Å². The fraction of sp³-hybridized carbons (Fsp3) is 0.938. The predicted molar refractivity (Wildman–Crippen MR) is 79.0 cm³/mol. The Balaban J connectivity index is 2.48. The molecule has 2 atom stereocenters. The first-order valence-electron chi connectivity index (χ1n) is 7.68. The van der Waals surface area contributed by atoms with Crippen molar-refractivity contribution in [1.29, 1.82) is 0 Å². The molecule has 0 aromatic carbocycles. The maximum atomic E-state index is 12.2. The van der Waals surface area contributed by atoms with Crippen molar-refractivity contribution in [3.63, 3.8) is 0 Å². The Bertz CT molecular complexity index is 290. The molecule has 1 aliphatic carbocycles. The van der Waals surface area contributed by atoms with Crippen LogP contribution in [0.5, 0.6) is 0 Å². The summed E-state index contributed by atoms with van der Waals surface area (Å²) in [5.74, 6) is 0.982. The normalized spacial score (nSPS) is 19.9. The second kappa shape index (κ2) is 6.74. The van der Waals surface area contributed by atoms with Gasteiger partial charge in [-0.05, 0) is 46.0 Å². The lowest BCUT2D eigenvalue weighted by atomic mass is 9.81. The third kappa shape index (κ3) is 5.94. The van der Waals surface area contributed by atoms with Crippen molar-refractivity contribution >= 4 is 5.97 Å². The second-order valence-corrected chi connectivity index (χ2v) is 7.36. The largest absolute Gasteiger partial charge is 0.459 e. The first-order valence-corrected chi connectivity index (χ1v) is 7.68. The van der Waals surface area contributed by atoms with Crippen molar-refractivity contribution in [2.75, 3.05) is 0 Å². The van der Waals surface area contributed by atoms with Crippen LogP contribution < -0.4 is 5.32 Å². The van der Waals surface area contributed by atoms with Crippen molar-refractivity contribution in [1.82, 2.24) is 5.32 Å². The van der Waals surface area contributed by atoms with Crippen LogP contribution in [0.4, 0.5) is 0 Å². The minimum Gasteiger partial charge on any atom is -0.459 e. The van der Waals surface area contributed by atoms with E-state index in [-0.39, 0.29) is 17.9 Å². The smallest absolute Gasteiger partial charge is 0.323 e. The number of carbonyl (C=O) groups is 1. The zero-order chi connectivity index (χ0) is 14.6. The van der Waals surface area contributed by atoms with Crippen LogP contribution in [0.25, 0.3) is 0 Å². The van der Waals surface area contributed by atoms with Gasteiger partial charge in [0, 0.05) is 6.04 Å². The van der Waals surface area contributed by atoms with E-state index in [1.54, 1.807) is 0 Å². The SMILES string of the molecule is CC(C)[C@H](N[C@H](C)CC1CCC1)C(=O)OC(C)(C)C. The lowest BCUT2D eigenvalue weighted by molar-refractivity contribution is -0.159. The highest BCUT2D eigenvalue weighted by molar-refractivity contribution is 5.76. The van der Waals surface area contributed by atoms with Gasteiger partial charge in [-0.1, -0.05) is 33.1 Å². The molecule has 112 valence electrons. The minimum absolute atomic E-state index is 0.122. The maximum absolute atomic E-state index is 12.2. The molecule has 0 aromatic rings. The zero-order valence-electron chi connectivity index (χ0n) is 13.5. The molecule has 19 heavy (non-hydrogen) atoms. The maximum Gasteiger partial charge on any atom is 0.323 e. The van der Waals surface area contributed by atoms with Gasteiger partial charge in [0.15, 0.2) is 0 Å². The molecule has 3 nitrogen and oxygen atoms in total. The van der Waals surface area contributed by atoms with Crippen LogP contribution in [0, 0.1) is 11.8 Å². The number of ether oxygens (including phenoxy) is 1. The van der Waals surface area contributed by atoms with E-state index >= 15 is 0 Å². The number of esters is 1. The Kier molecular flexibility index (Phi) is 5.84. The molecule has 1 N–H and O–H groups in total. The molecular weight excluding hydrogens is 238 g/mol. The zero-order valence-corrected chi connectivity index (χ0v) is 13.5. The van der Waals surface area contributed by atoms with Gasteiger partial charge in [0.2, 0.25) is 0 Å². The van der Waals surface area contributed by atoms with E-state index in [0.29, 0.717) is 6.04 Å². The number of hydrogen-bond donors (Lipinski definition) is 1. The van der Waals surface area contributed by atoms with E-state index in [1.165, 1.54) is 25.7 Å². The molecule has 0 unspecified atom stereocenters. The monoisotopic (exact) mass is 269 g/mol. The first-order chi connectivity index (χ1) is 8.69. The molecule has 0 spiro atoms. The summed E-state index contributed by atoms with van der Waals surface area (Å²) in [6.45, 7) is 12.1. The van der Waals surface area contributed by atoms with Gasteiger partial charge in [0.25, 0.3) is 0 Å². The topological polar surface area (TPSA) is 38.3 Å². The lowest BCUT2D eigenvalue weighted by Gasteiger charge is -2.32. The lowest BCUT2D eigenvalue weighted by Crippen LogP contribution is -2.48. The first kappa shape index (κ1) is 16.5. The summed E-state index contributed by atoms with van der Waals surface area (Å²) in [5.41, 5.74) is -0.414. The Morgan fingerprint density at radius 1 is 1.26 bits per heavy atom. The molecule has 1 aliphatic rings. The number of rotatable bonds is 6. The molecule has 1 saturated carbocycles. The molecule has 0 amide bonds. The van der Waals surface area contributed by atoms with Crippen molar-refractivity contribution < 1.29 is 9.53 Å². The Labute approximate surface area is 118 Å². The van der Waals surface area contributed by atoms with Gasteiger partial charge >= 0.3 is 5.97 Å². The average molecular weight is 269 g/mol. The summed E-state index contributed by atoms with van der Waals surface area (Å²) in [6, 6.07) is 0.180. The highest BCUT2D eigenvalue weighted by atomic mass is 16.6. The van der Waals surface area contributed by atoms with Gasteiger partial charge in [0.1, 0.15) is 11.6 Å². The molecule has 0 bridgehead atoms. The van der Waals surface area contributed by atoms with Gasteiger partial charge in [-0.2, -0.15) is 0 Å². The molecule has 0 aliphatic heterocycles. The number of hydrogen-bond acceptors (Lipinski definition) is 3. The summed E-state index contributed by atoms with van der Waals surface area (Å²) in [5, 5.41) is 3.46. The van der Waals surface area contributed by atoms with Crippen LogP contribution in [-0.4, -0.2) is 23.7 Å². The Morgan fingerprint density at radius 2 is 1.84 bits per heavy atom. The van der Waals surface area contributed by atoms with E-state index < -0.39 is 5.60 Å². The fourth-order valence-corrected chi connectivity index (χ4v) is 2.50. The highest BCUT2D eigenvalue weighted by Crippen LogP contribution is 2.30. The standard InChI is InChI=1S/C16H31NO2/c1-11(2)14(15(18)19-16(4,5)6)17-12(3)10-13-8-7-9-13/h11-14,17H,7-10H2,1-6H3/t12-,14+/m1/s1. The Hall–Kier alpha value is -0.570. The molecule has 1 fully saturated rings. The van der Waals surface area contributed by atoms with Gasteiger partial charge in [-0.3, -0.25) is 4.79 Å². The second-order valence-electron chi connectivity index (χ2n) is 7.36. The third-order valence-electron chi connectivity index (χ3n) is 3.70. The van der Waals surface area contributed by atoms with Gasteiger partial charge < -0.3 is 10.1 Å². The fourth-order valence-electron chi connectivity index (χ4n) is 2.50. The van der Waals surface area contributed by atoms with E-state index in [1.807, 2.05) is 20.8 Å². The molecule has 0 radical (unpaired) electrons. The van der Waals surface area contributed by atoms with Crippen LogP contribution in [-0.2, 0) is 9.53 Å². The summed E-state index contributed by atoms with van der Waals surface area (Å²) in [6.07, 6.45) is 5.25. The van der Waals surface area contributed by atoms with Crippen LogP contribution in [0.15, 0.2) is 0 Å². The van der Waals surface area contributed by atoms with E-state index in [0.717, 1.165) is 5.92 Å². The molecule has 3 heteroatoms. The quantitative estimate of drug-likeness (QED) is 0.750. The third-order valence-corrected chi connectivity index (χ3v) is 3.70. The van der Waals surface area contributed by atoms with E-state index in [2.05, 4.69) is 26.1 Å². The highest BCUT2D eigenvalue weighted by Gasteiger charge is 2.29. The molecule has 1 rings (SSSR count). The van der Waals surface area contributed by atoms with Crippen LogP contribution in [0.1, 0.15) is 67.2 Å².